The summed E-state index contributed by atoms with van der Waals surface area (Å²) in [6.45, 7) is 4.50. The van der Waals surface area contributed by atoms with Crippen LogP contribution in [0.4, 0.5) is 0 Å². The molecule has 0 aromatic heterocycles. The SMILES string of the molecule is CCCOC(=O)[C@@H](Br)[C@@H](Br)C(=O)OCCC. The standard InChI is InChI=1S/C10H16Br2O4/c1-3-5-15-9(13)7(11)8(12)10(14)16-6-4-2/h7-8H,3-6H2,1-2H3/t7-,8+. The van der Waals surface area contributed by atoms with Crippen molar-refractivity contribution in [2.75, 3.05) is 13.2 Å². The fourth-order valence-electron chi connectivity index (χ4n) is 0.803. The molecule has 0 spiro atoms. The van der Waals surface area contributed by atoms with E-state index in [-0.39, 0.29) is 0 Å². The molecule has 0 fully saturated rings. The van der Waals surface area contributed by atoms with Crippen LogP contribution in [0.2, 0.25) is 0 Å². The largest absolute Gasteiger partial charge is 0.465 e. The summed E-state index contributed by atoms with van der Waals surface area (Å²) in [4.78, 5) is 21.4. The highest BCUT2D eigenvalue weighted by molar-refractivity contribution is 9.12. The van der Waals surface area contributed by atoms with Gasteiger partial charge in [0.2, 0.25) is 0 Å². The van der Waals surface area contributed by atoms with Crippen molar-refractivity contribution >= 4 is 43.8 Å². The van der Waals surface area contributed by atoms with Gasteiger partial charge in [-0.25, -0.2) is 0 Å². The van der Waals surface area contributed by atoms with Gasteiger partial charge in [0.15, 0.2) is 0 Å². The molecule has 16 heavy (non-hydrogen) atoms. The highest BCUT2D eigenvalue weighted by atomic mass is 79.9. The molecule has 0 aliphatic carbocycles. The minimum absolute atomic E-state index is 0.352. The van der Waals surface area contributed by atoms with Gasteiger partial charge in [-0.2, -0.15) is 0 Å². The van der Waals surface area contributed by atoms with Crippen LogP contribution in [-0.4, -0.2) is 34.8 Å². The van der Waals surface area contributed by atoms with Crippen molar-refractivity contribution in [2.45, 2.75) is 36.3 Å². The van der Waals surface area contributed by atoms with Crippen LogP contribution in [0, 0.1) is 0 Å². The van der Waals surface area contributed by atoms with E-state index >= 15 is 0 Å². The lowest BCUT2D eigenvalue weighted by atomic mass is 10.3. The van der Waals surface area contributed by atoms with E-state index in [1.54, 1.807) is 0 Å². The van der Waals surface area contributed by atoms with Crippen molar-refractivity contribution in [2.24, 2.45) is 0 Å². The first kappa shape index (κ1) is 15.9. The molecule has 6 heteroatoms. The Kier molecular flexibility index (Phi) is 8.93. The average molecular weight is 360 g/mol. The zero-order valence-corrected chi connectivity index (χ0v) is 12.5. The van der Waals surface area contributed by atoms with Gasteiger partial charge in [0.05, 0.1) is 13.2 Å². The lowest BCUT2D eigenvalue weighted by Crippen LogP contribution is -2.33. The van der Waals surface area contributed by atoms with Gasteiger partial charge in [0.25, 0.3) is 0 Å². The fraction of sp³-hybridized carbons (Fsp3) is 0.800. The number of hydrogen-bond donors (Lipinski definition) is 0. The van der Waals surface area contributed by atoms with Gasteiger partial charge in [-0.3, -0.25) is 9.59 Å². The number of hydrogen-bond acceptors (Lipinski definition) is 4. The zero-order chi connectivity index (χ0) is 12.6. The monoisotopic (exact) mass is 358 g/mol. The van der Waals surface area contributed by atoms with Gasteiger partial charge in [-0.1, -0.05) is 45.7 Å². The molecule has 0 aromatic carbocycles. The second kappa shape index (κ2) is 8.98. The highest BCUT2D eigenvalue weighted by Gasteiger charge is 2.31. The van der Waals surface area contributed by atoms with E-state index in [9.17, 15) is 9.59 Å². The van der Waals surface area contributed by atoms with Crippen molar-refractivity contribution in [3.63, 3.8) is 0 Å². The van der Waals surface area contributed by atoms with E-state index in [2.05, 4.69) is 31.9 Å². The maximum Gasteiger partial charge on any atom is 0.321 e. The smallest absolute Gasteiger partial charge is 0.321 e. The summed E-state index contributed by atoms with van der Waals surface area (Å²) < 4.78 is 9.81. The average Bonchev–Trinajstić information content (AvgIpc) is 2.30. The molecule has 0 heterocycles. The number of halogens is 2. The van der Waals surface area contributed by atoms with Crippen molar-refractivity contribution in [3.8, 4) is 0 Å². The molecule has 0 rings (SSSR count). The van der Waals surface area contributed by atoms with E-state index < -0.39 is 21.6 Å². The van der Waals surface area contributed by atoms with Crippen LogP contribution in [0.3, 0.4) is 0 Å². The second-order valence-electron chi connectivity index (χ2n) is 3.14. The Labute approximate surface area is 112 Å². The summed E-state index contributed by atoms with van der Waals surface area (Å²) in [5, 5.41) is 0. The Morgan fingerprint density at radius 1 is 0.938 bits per heavy atom. The number of carbonyl (C=O) groups excluding carboxylic acids is 2. The minimum atomic E-state index is -0.719. The van der Waals surface area contributed by atoms with Gasteiger partial charge in [0.1, 0.15) is 9.65 Å². The van der Waals surface area contributed by atoms with Crippen molar-refractivity contribution < 1.29 is 19.1 Å². The quantitative estimate of drug-likeness (QED) is 0.517. The topological polar surface area (TPSA) is 52.6 Å². The Bertz CT molecular complexity index is 209. The third kappa shape index (κ3) is 5.84. The van der Waals surface area contributed by atoms with E-state index in [1.807, 2.05) is 13.8 Å². The van der Waals surface area contributed by atoms with Crippen molar-refractivity contribution in [3.05, 3.63) is 0 Å². The molecule has 94 valence electrons. The molecule has 0 saturated carbocycles. The first-order valence-corrected chi connectivity index (χ1v) is 6.99. The van der Waals surface area contributed by atoms with Gasteiger partial charge in [-0.05, 0) is 12.8 Å². The lowest BCUT2D eigenvalue weighted by Gasteiger charge is -2.14. The third-order valence-electron chi connectivity index (χ3n) is 1.60. The Balaban J connectivity index is 4.09. The van der Waals surface area contributed by atoms with E-state index in [0.717, 1.165) is 12.8 Å². The van der Waals surface area contributed by atoms with Crippen LogP contribution < -0.4 is 0 Å². The summed E-state index contributed by atoms with van der Waals surface area (Å²) in [6.07, 6.45) is 1.50. The van der Waals surface area contributed by atoms with Crippen molar-refractivity contribution in [1.29, 1.82) is 0 Å². The van der Waals surface area contributed by atoms with Gasteiger partial charge >= 0.3 is 11.9 Å². The fourth-order valence-corrected chi connectivity index (χ4v) is 1.50. The van der Waals surface area contributed by atoms with Crippen LogP contribution in [0.15, 0.2) is 0 Å². The molecule has 4 nitrogen and oxygen atoms in total. The number of esters is 2. The molecule has 0 unspecified atom stereocenters. The summed E-state index contributed by atoms with van der Waals surface area (Å²) in [5.41, 5.74) is 0. The number of rotatable bonds is 7. The Morgan fingerprint density at radius 2 is 1.25 bits per heavy atom. The second-order valence-corrected chi connectivity index (χ2v) is 5.11. The third-order valence-corrected chi connectivity index (χ3v) is 4.12. The molecule has 0 radical (unpaired) electrons. The van der Waals surface area contributed by atoms with E-state index in [4.69, 9.17) is 9.47 Å². The van der Waals surface area contributed by atoms with Crippen LogP contribution >= 0.6 is 31.9 Å². The van der Waals surface area contributed by atoms with Gasteiger partial charge < -0.3 is 9.47 Å². The summed E-state index contributed by atoms with van der Waals surface area (Å²) >= 11 is 6.22. The van der Waals surface area contributed by atoms with Crippen LogP contribution in [-0.2, 0) is 19.1 Å². The molecular weight excluding hydrogens is 344 g/mol. The minimum Gasteiger partial charge on any atom is -0.465 e. The predicted molar refractivity (Wildman–Crippen MR) is 67.9 cm³/mol. The maximum atomic E-state index is 11.4. The molecule has 0 amide bonds. The molecule has 0 aliphatic rings. The van der Waals surface area contributed by atoms with E-state index in [0.29, 0.717) is 13.2 Å². The van der Waals surface area contributed by atoms with Gasteiger partial charge in [-0.15, -0.1) is 0 Å². The first-order chi connectivity index (χ1) is 7.54. The van der Waals surface area contributed by atoms with E-state index in [1.165, 1.54) is 0 Å². The Morgan fingerprint density at radius 3 is 1.50 bits per heavy atom. The lowest BCUT2D eigenvalue weighted by molar-refractivity contribution is -0.148. The van der Waals surface area contributed by atoms with Crippen LogP contribution in [0.5, 0.6) is 0 Å². The van der Waals surface area contributed by atoms with Crippen LogP contribution in [0.1, 0.15) is 26.7 Å². The predicted octanol–water partition coefficient (Wildman–Crippen LogP) is 2.42. The molecular formula is C10H16Br2O4. The molecule has 0 aliphatic heterocycles. The summed E-state index contributed by atoms with van der Waals surface area (Å²) in [5.74, 6) is -0.922. The molecule has 0 aromatic rings. The first-order valence-electron chi connectivity index (χ1n) is 5.16. The molecule has 0 bridgehead atoms. The normalized spacial score (nSPS) is 14.0. The zero-order valence-electron chi connectivity index (χ0n) is 9.37. The highest BCUT2D eigenvalue weighted by Crippen LogP contribution is 2.17. The number of ether oxygens (including phenoxy) is 2. The maximum absolute atomic E-state index is 11.4. The molecule has 0 N–H and O–H groups in total. The number of carbonyl (C=O) groups is 2. The molecule has 2 atom stereocenters. The molecule has 0 saturated heterocycles. The Hall–Kier alpha value is -0.100. The summed E-state index contributed by atoms with van der Waals surface area (Å²) in [7, 11) is 0. The summed E-state index contributed by atoms with van der Waals surface area (Å²) in [6, 6.07) is 0. The van der Waals surface area contributed by atoms with Crippen LogP contribution in [0.25, 0.3) is 0 Å². The number of alkyl halides is 2. The van der Waals surface area contributed by atoms with Gasteiger partial charge in [0, 0.05) is 0 Å². The van der Waals surface area contributed by atoms with Crippen molar-refractivity contribution in [1.82, 2.24) is 0 Å².